The van der Waals surface area contributed by atoms with Crippen LogP contribution in [0.3, 0.4) is 0 Å². The van der Waals surface area contributed by atoms with E-state index in [0.29, 0.717) is 23.0 Å². The van der Waals surface area contributed by atoms with Gasteiger partial charge in [0.2, 0.25) is 5.28 Å². The van der Waals surface area contributed by atoms with Crippen LogP contribution in [-0.4, -0.2) is 14.8 Å². The number of aromatic nitrogens is 3. The van der Waals surface area contributed by atoms with Crippen molar-refractivity contribution in [1.29, 1.82) is 0 Å². The normalized spacial score (nSPS) is 10.8. The maximum Gasteiger partial charge on any atom is 0.229 e. The van der Waals surface area contributed by atoms with Crippen LogP contribution in [0.25, 0.3) is 5.69 Å². The fraction of sp³-hybridized carbons (Fsp3) is 0.273. The van der Waals surface area contributed by atoms with Gasteiger partial charge in [0, 0.05) is 11.4 Å². The van der Waals surface area contributed by atoms with Gasteiger partial charge < -0.3 is 0 Å². The molecular weight excluding hydrogens is 264 g/mol. The Morgan fingerprint density at radius 3 is 2.65 bits per heavy atom. The second kappa shape index (κ2) is 5.02. The Bertz CT molecular complexity index is 519. The smallest absolute Gasteiger partial charge is 0.229 e. The molecule has 1 heterocycles. The third kappa shape index (κ3) is 2.58. The Kier molecular flexibility index (Phi) is 3.64. The van der Waals surface area contributed by atoms with Crippen LogP contribution in [0.15, 0.2) is 18.2 Å². The molecule has 0 fully saturated rings. The number of halogens is 3. The summed E-state index contributed by atoms with van der Waals surface area (Å²) in [6, 6.07) is 4.21. The highest BCUT2D eigenvalue weighted by atomic mass is 35.5. The molecule has 0 amide bonds. The van der Waals surface area contributed by atoms with Gasteiger partial charge in [0.15, 0.2) is 0 Å². The number of hydrogen-bond donors (Lipinski definition) is 0. The summed E-state index contributed by atoms with van der Waals surface area (Å²) >= 11 is 11.8. The lowest BCUT2D eigenvalue weighted by Gasteiger charge is -2.07. The van der Waals surface area contributed by atoms with E-state index < -0.39 is 5.82 Å². The first-order valence-electron chi connectivity index (χ1n) is 5.18. The second-order valence-corrected chi connectivity index (χ2v) is 4.37. The molecule has 2 aromatic rings. The largest absolute Gasteiger partial charge is 0.270 e. The van der Waals surface area contributed by atoms with Crippen molar-refractivity contribution >= 4 is 23.2 Å². The summed E-state index contributed by atoms with van der Waals surface area (Å²) < 4.78 is 14.9. The Labute approximate surface area is 108 Å². The van der Waals surface area contributed by atoms with Gasteiger partial charge in [-0.15, -0.1) is 10.2 Å². The molecule has 0 aliphatic carbocycles. The molecular formula is C11H10Cl2FN3. The fourth-order valence-electron chi connectivity index (χ4n) is 1.60. The molecule has 6 heteroatoms. The van der Waals surface area contributed by atoms with Gasteiger partial charge in [-0.2, -0.15) is 0 Å². The molecule has 1 aromatic heterocycles. The van der Waals surface area contributed by atoms with Crippen molar-refractivity contribution in [3.63, 3.8) is 0 Å². The molecule has 0 N–H and O–H groups in total. The first-order chi connectivity index (χ1) is 8.11. The van der Waals surface area contributed by atoms with Crippen molar-refractivity contribution in [2.45, 2.75) is 19.8 Å². The molecule has 0 aliphatic heterocycles. The standard InChI is InChI=1S/C11H10Cl2FN3/c1-2-3-10-15-16-11(13)17(10)9-5-7(12)4-8(14)6-9/h4-6H,2-3H2,1H3. The highest BCUT2D eigenvalue weighted by Crippen LogP contribution is 2.22. The second-order valence-electron chi connectivity index (χ2n) is 3.60. The predicted molar refractivity (Wildman–Crippen MR) is 65.3 cm³/mol. The summed E-state index contributed by atoms with van der Waals surface area (Å²) in [6.07, 6.45) is 1.62. The highest BCUT2D eigenvalue weighted by Gasteiger charge is 2.12. The zero-order valence-electron chi connectivity index (χ0n) is 9.12. The minimum Gasteiger partial charge on any atom is -0.270 e. The van der Waals surface area contributed by atoms with E-state index in [4.69, 9.17) is 23.2 Å². The lowest BCUT2D eigenvalue weighted by atomic mass is 10.2. The third-order valence-corrected chi connectivity index (χ3v) is 2.73. The summed E-state index contributed by atoms with van der Waals surface area (Å²) in [6.45, 7) is 2.02. The van der Waals surface area contributed by atoms with Crippen LogP contribution in [0.4, 0.5) is 4.39 Å². The molecule has 0 radical (unpaired) electrons. The Morgan fingerprint density at radius 2 is 2.00 bits per heavy atom. The van der Waals surface area contributed by atoms with Crippen molar-refractivity contribution in [2.75, 3.05) is 0 Å². The Morgan fingerprint density at radius 1 is 1.24 bits per heavy atom. The molecule has 0 spiro atoms. The third-order valence-electron chi connectivity index (χ3n) is 2.27. The average molecular weight is 274 g/mol. The van der Waals surface area contributed by atoms with Crippen LogP contribution >= 0.6 is 23.2 Å². The molecule has 0 saturated carbocycles. The van der Waals surface area contributed by atoms with Crippen LogP contribution in [-0.2, 0) is 6.42 Å². The van der Waals surface area contributed by atoms with Crippen molar-refractivity contribution in [2.24, 2.45) is 0 Å². The number of benzene rings is 1. The van der Waals surface area contributed by atoms with Gasteiger partial charge in [0.05, 0.1) is 5.69 Å². The van der Waals surface area contributed by atoms with E-state index in [-0.39, 0.29) is 5.28 Å². The van der Waals surface area contributed by atoms with Gasteiger partial charge in [0.25, 0.3) is 0 Å². The zero-order chi connectivity index (χ0) is 12.4. The number of nitrogens with zero attached hydrogens (tertiary/aromatic N) is 3. The molecule has 1 aromatic carbocycles. The van der Waals surface area contributed by atoms with Gasteiger partial charge in [-0.05, 0) is 36.2 Å². The van der Waals surface area contributed by atoms with Crippen LogP contribution < -0.4 is 0 Å². The fourth-order valence-corrected chi connectivity index (χ4v) is 2.05. The van der Waals surface area contributed by atoms with Gasteiger partial charge in [-0.25, -0.2) is 4.39 Å². The van der Waals surface area contributed by atoms with E-state index in [2.05, 4.69) is 10.2 Å². The zero-order valence-corrected chi connectivity index (χ0v) is 10.6. The van der Waals surface area contributed by atoms with Crippen LogP contribution in [0.1, 0.15) is 19.2 Å². The number of rotatable bonds is 3. The predicted octanol–water partition coefficient (Wildman–Crippen LogP) is 3.67. The van der Waals surface area contributed by atoms with E-state index in [0.717, 1.165) is 6.42 Å². The van der Waals surface area contributed by atoms with E-state index in [1.54, 1.807) is 10.6 Å². The van der Waals surface area contributed by atoms with E-state index in [1.807, 2.05) is 6.92 Å². The Hall–Kier alpha value is -1.13. The maximum absolute atomic E-state index is 13.3. The first-order valence-corrected chi connectivity index (χ1v) is 5.93. The summed E-state index contributed by atoms with van der Waals surface area (Å²) in [5.74, 6) is 0.277. The molecule has 0 saturated heterocycles. The quantitative estimate of drug-likeness (QED) is 0.855. The maximum atomic E-state index is 13.3. The summed E-state index contributed by atoms with van der Waals surface area (Å²) in [4.78, 5) is 0. The van der Waals surface area contributed by atoms with Crippen LogP contribution in [0, 0.1) is 5.82 Å². The minimum atomic E-state index is -0.417. The van der Waals surface area contributed by atoms with Crippen LogP contribution in [0.2, 0.25) is 10.3 Å². The molecule has 2 rings (SSSR count). The number of aryl methyl sites for hydroxylation is 1. The van der Waals surface area contributed by atoms with Crippen molar-refractivity contribution in [3.8, 4) is 5.69 Å². The monoisotopic (exact) mass is 273 g/mol. The number of hydrogen-bond acceptors (Lipinski definition) is 2. The molecule has 90 valence electrons. The van der Waals surface area contributed by atoms with E-state index in [1.165, 1.54) is 12.1 Å². The van der Waals surface area contributed by atoms with Crippen molar-refractivity contribution in [3.05, 3.63) is 40.1 Å². The SMILES string of the molecule is CCCc1nnc(Cl)n1-c1cc(F)cc(Cl)c1. The van der Waals surface area contributed by atoms with Gasteiger partial charge in [0.1, 0.15) is 11.6 Å². The molecule has 0 atom stereocenters. The minimum absolute atomic E-state index is 0.204. The summed E-state index contributed by atoms with van der Waals surface area (Å²) in [5, 5.41) is 8.26. The molecule has 0 aliphatic rings. The lowest BCUT2D eigenvalue weighted by molar-refractivity contribution is 0.626. The lowest BCUT2D eigenvalue weighted by Crippen LogP contribution is -2.02. The van der Waals surface area contributed by atoms with Crippen molar-refractivity contribution in [1.82, 2.24) is 14.8 Å². The van der Waals surface area contributed by atoms with Gasteiger partial charge in [-0.1, -0.05) is 18.5 Å². The van der Waals surface area contributed by atoms with Crippen LogP contribution in [0.5, 0.6) is 0 Å². The Balaban J connectivity index is 2.54. The molecule has 0 bridgehead atoms. The molecule has 17 heavy (non-hydrogen) atoms. The summed E-state index contributed by atoms with van der Waals surface area (Å²) in [5.41, 5.74) is 0.536. The van der Waals surface area contributed by atoms with E-state index >= 15 is 0 Å². The first kappa shape index (κ1) is 12.3. The van der Waals surface area contributed by atoms with Gasteiger partial charge >= 0.3 is 0 Å². The average Bonchev–Trinajstić information content (AvgIpc) is 2.59. The molecule has 0 unspecified atom stereocenters. The highest BCUT2D eigenvalue weighted by molar-refractivity contribution is 6.31. The van der Waals surface area contributed by atoms with Gasteiger partial charge in [-0.3, -0.25) is 4.57 Å². The summed E-state index contributed by atoms with van der Waals surface area (Å²) in [7, 11) is 0. The van der Waals surface area contributed by atoms with E-state index in [9.17, 15) is 4.39 Å². The topological polar surface area (TPSA) is 30.7 Å². The molecule has 3 nitrogen and oxygen atoms in total. The van der Waals surface area contributed by atoms with Crippen molar-refractivity contribution < 1.29 is 4.39 Å².